The molecule has 0 aromatic heterocycles. The molecule has 0 heterocycles. The Labute approximate surface area is 92.6 Å². The van der Waals surface area contributed by atoms with Crippen LogP contribution >= 0.6 is 15.9 Å². The molecule has 3 heteroatoms. The lowest BCUT2D eigenvalue weighted by molar-refractivity contribution is 0.454. The average Bonchev–Trinajstić information content (AvgIpc) is 2.09. The number of halogens is 2. The second-order valence-electron chi connectivity index (χ2n) is 4.02. The molecule has 0 atom stereocenters. The van der Waals surface area contributed by atoms with Gasteiger partial charge in [-0.15, -0.1) is 0 Å². The second-order valence-corrected chi connectivity index (χ2v) is 4.88. The van der Waals surface area contributed by atoms with Gasteiger partial charge in [-0.3, -0.25) is 0 Å². The third-order valence-electron chi connectivity index (χ3n) is 2.45. The maximum atomic E-state index is 13.7. The molecule has 0 fully saturated rings. The standard InChI is InChI=1S/C11H15BrFN/c1-11(2,6-7-14)8-4-3-5-9(12)10(8)13/h3-5H,6-7,14H2,1-2H3. The predicted molar refractivity (Wildman–Crippen MR) is 60.8 cm³/mol. The van der Waals surface area contributed by atoms with Crippen LogP contribution in [-0.2, 0) is 5.41 Å². The van der Waals surface area contributed by atoms with Crippen molar-refractivity contribution < 1.29 is 4.39 Å². The molecule has 0 spiro atoms. The van der Waals surface area contributed by atoms with Crippen LogP contribution in [0.5, 0.6) is 0 Å². The SMILES string of the molecule is CC(C)(CCN)c1cccc(Br)c1F. The highest BCUT2D eigenvalue weighted by atomic mass is 79.9. The van der Waals surface area contributed by atoms with Crippen molar-refractivity contribution in [3.8, 4) is 0 Å². The largest absolute Gasteiger partial charge is 0.330 e. The van der Waals surface area contributed by atoms with Crippen molar-refractivity contribution in [1.82, 2.24) is 0 Å². The van der Waals surface area contributed by atoms with Crippen LogP contribution in [0.25, 0.3) is 0 Å². The minimum absolute atomic E-state index is 0.175. The van der Waals surface area contributed by atoms with E-state index in [1.807, 2.05) is 26.0 Å². The van der Waals surface area contributed by atoms with Crippen molar-refractivity contribution in [2.45, 2.75) is 25.7 Å². The fourth-order valence-electron chi connectivity index (χ4n) is 1.52. The van der Waals surface area contributed by atoms with Gasteiger partial charge in [0.05, 0.1) is 4.47 Å². The van der Waals surface area contributed by atoms with Gasteiger partial charge >= 0.3 is 0 Å². The maximum Gasteiger partial charge on any atom is 0.141 e. The molecule has 0 saturated heterocycles. The Kier molecular flexibility index (Phi) is 3.67. The van der Waals surface area contributed by atoms with Gasteiger partial charge in [0.25, 0.3) is 0 Å². The van der Waals surface area contributed by atoms with E-state index in [1.165, 1.54) is 0 Å². The molecule has 0 unspecified atom stereocenters. The van der Waals surface area contributed by atoms with E-state index in [0.29, 0.717) is 11.0 Å². The van der Waals surface area contributed by atoms with Crippen LogP contribution < -0.4 is 5.73 Å². The van der Waals surface area contributed by atoms with E-state index in [0.717, 1.165) is 12.0 Å². The van der Waals surface area contributed by atoms with E-state index in [9.17, 15) is 4.39 Å². The number of nitrogens with two attached hydrogens (primary N) is 1. The highest BCUT2D eigenvalue weighted by molar-refractivity contribution is 9.10. The Morgan fingerprint density at radius 3 is 2.64 bits per heavy atom. The van der Waals surface area contributed by atoms with Gasteiger partial charge in [-0.2, -0.15) is 0 Å². The van der Waals surface area contributed by atoms with Gasteiger partial charge in [0.1, 0.15) is 5.82 Å². The summed E-state index contributed by atoms with van der Waals surface area (Å²) in [5.74, 6) is -0.175. The van der Waals surface area contributed by atoms with Crippen molar-refractivity contribution >= 4 is 15.9 Å². The monoisotopic (exact) mass is 259 g/mol. The van der Waals surface area contributed by atoms with E-state index in [2.05, 4.69) is 15.9 Å². The Morgan fingerprint density at radius 1 is 1.43 bits per heavy atom. The van der Waals surface area contributed by atoms with Gasteiger partial charge in [0.2, 0.25) is 0 Å². The number of hydrogen-bond donors (Lipinski definition) is 1. The van der Waals surface area contributed by atoms with E-state index >= 15 is 0 Å². The zero-order valence-corrected chi connectivity index (χ0v) is 10.1. The van der Waals surface area contributed by atoms with Crippen LogP contribution in [0.3, 0.4) is 0 Å². The number of benzene rings is 1. The third kappa shape index (κ3) is 2.34. The lowest BCUT2D eigenvalue weighted by Crippen LogP contribution is -2.23. The van der Waals surface area contributed by atoms with Gasteiger partial charge < -0.3 is 5.73 Å². The van der Waals surface area contributed by atoms with E-state index < -0.39 is 0 Å². The summed E-state index contributed by atoms with van der Waals surface area (Å²) in [6.07, 6.45) is 0.778. The van der Waals surface area contributed by atoms with Crippen LogP contribution in [-0.4, -0.2) is 6.54 Å². The third-order valence-corrected chi connectivity index (χ3v) is 3.06. The lowest BCUT2D eigenvalue weighted by Gasteiger charge is -2.25. The number of rotatable bonds is 3. The molecule has 0 radical (unpaired) electrons. The zero-order chi connectivity index (χ0) is 10.8. The van der Waals surface area contributed by atoms with Gasteiger partial charge in [0.15, 0.2) is 0 Å². The first-order chi connectivity index (χ1) is 6.49. The van der Waals surface area contributed by atoms with Gasteiger partial charge in [-0.1, -0.05) is 26.0 Å². The van der Waals surface area contributed by atoms with E-state index in [1.54, 1.807) is 6.07 Å². The minimum Gasteiger partial charge on any atom is -0.330 e. The van der Waals surface area contributed by atoms with Gasteiger partial charge in [-0.25, -0.2) is 4.39 Å². The first-order valence-corrected chi connectivity index (χ1v) is 5.43. The second kappa shape index (κ2) is 4.41. The first kappa shape index (κ1) is 11.7. The Morgan fingerprint density at radius 2 is 2.07 bits per heavy atom. The summed E-state index contributed by atoms with van der Waals surface area (Å²) in [7, 11) is 0. The highest BCUT2D eigenvalue weighted by Crippen LogP contribution is 2.31. The van der Waals surface area contributed by atoms with E-state index in [4.69, 9.17) is 5.73 Å². The summed E-state index contributed by atoms with van der Waals surface area (Å²) >= 11 is 3.18. The summed E-state index contributed by atoms with van der Waals surface area (Å²) < 4.78 is 14.2. The normalized spacial score (nSPS) is 11.8. The van der Waals surface area contributed by atoms with E-state index in [-0.39, 0.29) is 11.2 Å². The van der Waals surface area contributed by atoms with Crippen LogP contribution in [0.15, 0.2) is 22.7 Å². The molecule has 0 aliphatic rings. The smallest absolute Gasteiger partial charge is 0.141 e. The molecular weight excluding hydrogens is 245 g/mol. The Hall–Kier alpha value is -0.410. The Balaban J connectivity index is 3.12. The molecule has 14 heavy (non-hydrogen) atoms. The quantitative estimate of drug-likeness (QED) is 0.887. The molecule has 1 rings (SSSR count). The molecule has 1 nitrogen and oxygen atoms in total. The average molecular weight is 260 g/mol. The van der Waals surface area contributed by atoms with Crippen LogP contribution in [0.2, 0.25) is 0 Å². The van der Waals surface area contributed by atoms with Crippen molar-refractivity contribution in [3.63, 3.8) is 0 Å². The molecule has 78 valence electrons. The summed E-state index contributed by atoms with van der Waals surface area (Å²) in [6.45, 7) is 4.58. The van der Waals surface area contributed by atoms with Crippen molar-refractivity contribution in [3.05, 3.63) is 34.1 Å². The lowest BCUT2D eigenvalue weighted by atomic mass is 9.81. The van der Waals surface area contributed by atoms with Gasteiger partial charge in [0, 0.05) is 0 Å². The maximum absolute atomic E-state index is 13.7. The summed E-state index contributed by atoms with van der Waals surface area (Å²) in [4.78, 5) is 0. The zero-order valence-electron chi connectivity index (χ0n) is 8.48. The summed E-state index contributed by atoms with van der Waals surface area (Å²) in [5, 5.41) is 0. The highest BCUT2D eigenvalue weighted by Gasteiger charge is 2.23. The molecule has 0 saturated carbocycles. The molecule has 0 bridgehead atoms. The van der Waals surface area contributed by atoms with Crippen molar-refractivity contribution in [2.24, 2.45) is 5.73 Å². The molecule has 0 aliphatic heterocycles. The molecule has 1 aromatic carbocycles. The summed E-state index contributed by atoms with van der Waals surface area (Å²) in [6, 6.07) is 5.37. The fraction of sp³-hybridized carbons (Fsp3) is 0.455. The predicted octanol–water partition coefficient (Wildman–Crippen LogP) is 3.21. The van der Waals surface area contributed by atoms with Crippen LogP contribution in [0.1, 0.15) is 25.8 Å². The van der Waals surface area contributed by atoms with Crippen molar-refractivity contribution in [1.29, 1.82) is 0 Å². The molecular formula is C11H15BrFN. The molecule has 1 aromatic rings. The minimum atomic E-state index is -0.206. The van der Waals surface area contributed by atoms with Crippen molar-refractivity contribution in [2.75, 3.05) is 6.54 Å². The van der Waals surface area contributed by atoms with Gasteiger partial charge in [-0.05, 0) is 45.9 Å². The van der Waals surface area contributed by atoms with Crippen LogP contribution in [0.4, 0.5) is 4.39 Å². The topological polar surface area (TPSA) is 26.0 Å². The van der Waals surface area contributed by atoms with Crippen LogP contribution in [0, 0.1) is 5.82 Å². The molecule has 0 amide bonds. The molecule has 2 N–H and O–H groups in total. The Bertz CT molecular complexity index is 323. The molecule has 0 aliphatic carbocycles. The summed E-state index contributed by atoms with van der Waals surface area (Å²) in [5.41, 5.74) is 6.02. The fourth-order valence-corrected chi connectivity index (χ4v) is 1.89. The first-order valence-electron chi connectivity index (χ1n) is 4.63. The number of hydrogen-bond acceptors (Lipinski definition) is 1.